The van der Waals surface area contributed by atoms with Gasteiger partial charge in [-0.1, -0.05) is 0 Å². The van der Waals surface area contributed by atoms with E-state index in [1.807, 2.05) is 0 Å². The van der Waals surface area contributed by atoms with Crippen molar-refractivity contribution < 1.29 is 17.1 Å². The summed E-state index contributed by atoms with van der Waals surface area (Å²) in [6, 6.07) is 0. The molecule has 0 rings (SSSR count). The molecule has 0 saturated heterocycles. The Morgan fingerprint density at radius 2 is 1.00 bits per heavy atom. The summed E-state index contributed by atoms with van der Waals surface area (Å²) < 4.78 is 0. The second kappa shape index (κ2) is 25.8. The zero-order valence-electron chi connectivity index (χ0n) is 0.302. The van der Waals surface area contributed by atoms with Crippen LogP contribution in [0.4, 0.5) is 0 Å². The molecular weight excluding hydrogens is 231 g/mol. The molecule has 5 heteroatoms. The van der Waals surface area contributed by atoms with Crippen LogP contribution in [0.15, 0.2) is 0 Å². The first-order chi connectivity index (χ1) is 0. The average Bonchev–Trinajstić information content (AvgIpc) is 0. The molecule has 0 spiro atoms. The van der Waals surface area contributed by atoms with Gasteiger partial charge in [-0.2, -0.15) is 0 Å². The molecule has 0 N–H and O–H groups in total. The van der Waals surface area contributed by atoms with Crippen molar-refractivity contribution in [1.82, 2.24) is 0 Å². The Bertz CT molecular complexity index is 11.6. The van der Waals surface area contributed by atoms with Crippen LogP contribution < -0.4 is 0 Å². The molecule has 0 fully saturated rings. The van der Waals surface area contributed by atoms with Crippen molar-refractivity contribution in [2.75, 3.05) is 0 Å². The fourth-order valence-electron chi connectivity index (χ4n) is 0. The van der Waals surface area contributed by atoms with Gasteiger partial charge < -0.3 is 0 Å². The van der Waals surface area contributed by atoms with E-state index in [1.165, 1.54) is 0 Å². The van der Waals surface area contributed by atoms with Crippen molar-refractivity contribution in [1.29, 1.82) is 0 Å². The van der Waals surface area contributed by atoms with Crippen LogP contribution in [0.2, 0.25) is 0 Å². The molecule has 0 aromatic rings. The van der Waals surface area contributed by atoms with E-state index in [-0.39, 0.29) is 114 Å². The molecule has 0 aromatic carbocycles. The van der Waals surface area contributed by atoms with Gasteiger partial charge in [0.1, 0.15) is 0 Å². The van der Waals surface area contributed by atoms with Gasteiger partial charge in [0.25, 0.3) is 0 Å². The number of rotatable bonds is 0. The number of hydrogen-bond donors (Lipinski definition) is 0. The molecule has 0 atom stereocenters. The summed E-state index contributed by atoms with van der Waals surface area (Å²) >= 11 is 0. The Hall–Kier alpha value is 3.52. The Labute approximate surface area is 111 Å². The molecule has 0 aliphatic rings. The van der Waals surface area contributed by atoms with Gasteiger partial charge in [0.05, 0.1) is 0 Å². The fraction of sp³-hybridized carbons (Fsp3) is 0. The molecule has 33 valence electrons. The van der Waals surface area contributed by atoms with Crippen LogP contribution in [0.1, 0.15) is 0 Å². The van der Waals surface area contributed by atoms with Gasteiger partial charge in [0.2, 0.25) is 0 Å². The summed E-state index contributed by atoms with van der Waals surface area (Å²) in [6.45, 7) is 0. The van der Waals surface area contributed by atoms with Gasteiger partial charge >= 0.3 is 68.5 Å². The molecule has 0 saturated carbocycles. The number of hydrogen-bond acceptors (Lipinski definition) is 0. The Morgan fingerprint density at radius 1 is 1.00 bits per heavy atom. The zero-order chi connectivity index (χ0) is 0. The van der Waals surface area contributed by atoms with E-state index in [0.717, 1.165) is 0 Å². The first kappa shape index (κ1) is 38.9. The van der Waals surface area contributed by atoms with Crippen LogP contribution in [0, 0.1) is 0 Å². The maximum absolute atomic E-state index is 0. The van der Waals surface area contributed by atoms with Crippen LogP contribution in [0.25, 0.3) is 0 Å². The predicted molar refractivity (Wildman–Crippen MR) is 38.4 cm³/mol. The van der Waals surface area contributed by atoms with E-state index in [9.17, 15) is 0 Å². The van der Waals surface area contributed by atoms with Crippen molar-refractivity contribution in [2.45, 2.75) is 0 Å². The summed E-state index contributed by atoms with van der Waals surface area (Å²) in [7, 11) is 0. The molecule has 0 nitrogen and oxygen atoms in total. The quantitative estimate of drug-likeness (QED) is 0.376. The minimum absolute atomic E-state index is 0. The Morgan fingerprint density at radius 3 is 1.00 bits per heavy atom. The molecule has 0 aromatic heterocycles. The maximum atomic E-state index is 0. The SMILES string of the molecule is [AlH3].[Cu].[MgH2].[SiH4].[SrH2]. The zero-order valence-corrected chi connectivity index (χ0v) is 1.24. The molecular formula is H11AlCuMgSiSr. The van der Waals surface area contributed by atoms with Crippen LogP contribution in [-0.2, 0) is 17.1 Å². The topological polar surface area (TPSA) is 0 Å². The van der Waals surface area contributed by atoms with Crippen LogP contribution in [0.5, 0.6) is 0 Å². The van der Waals surface area contributed by atoms with Crippen molar-refractivity contribution in [3.05, 3.63) is 0 Å². The van der Waals surface area contributed by atoms with E-state index in [4.69, 9.17) is 0 Å². The summed E-state index contributed by atoms with van der Waals surface area (Å²) in [5.41, 5.74) is 0. The third-order valence-corrected chi connectivity index (χ3v) is 0. The fourth-order valence-corrected chi connectivity index (χ4v) is 0. The van der Waals surface area contributed by atoms with E-state index in [2.05, 4.69) is 0 Å². The molecule has 0 aliphatic carbocycles. The molecule has 0 heterocycles. The predicted octanol–water partition coefficient (Wildman–Crippen LogP) is -4.47. The molecule has 0 amide bonds. The van der Waals surface area contributed by atoms with Crippen LogP contribution >= 0.6 is 0 Å². The summed E-state index contributed by atoms with van der Waals surface area (Å²) in [4.78, 5) is 0. The van der Waals surface area contributed by atoms with Gasteiger partial charge in [0, 0.05) is 17.1 Å². The van der Waals surface area contributed by atoms with Crippen molar-refractivity contribution in [3.8, 4) is 0 Å². The molecule has 1 radical (unpaired) electrons. The van der Waals surface area contributed by atoms with Gasteiger partial charge in [-0.15, -0.1) is 0 Å². The minimum atomic E-state index is 0. The monoisotopic (exact) mass is 241 g/mol. The standard InChI is InChI=1S/Al.Cu.Mg.H4Si.Sr.7H/h;;;1H4;;;;;;;;. The van der Waals surface area contributed by atoms with Crippen molar-refractivity contribution in [3.63, 3.8) is 0 Å². The normalized spacial score (nSPS) is 0. The summed E-state index contributed by atoms with van der Waals surface area (Å²) in [5, 5.41) is 0. The van der Waals surface area contributed by atoms with Gasteiger partial charge in [-0.05, 0) is 11.0 Å². The van der Waals surface area contributed by atoms with Gasteiger partial charge in [-0.25, -0.2) is 0 Å². The van der Waals surface area contributed by atoms with E-state index < -0.39 is 0 Å². The summed E-state index contributed by atoms with van der Waals surface area (Å²) in [5.74, 6) is 0. The van der Waals surface area contributed by atoms with Crippen molar-refractivity contribution in [2.24, 2.45) is 0 Å². The Balaban J connectivity index is 0. The third kappa shape index (κ3) is 18.5. The van der Waals surface area contributed by atoms with E-state index in [1.54, 1.807) is 0 Å². The van der Waals surface area contributed by atoms with Crippen molar-refractivity contribution >= 4 is 96.9 Å². The third-order valence-electron chi connectivity index (χ3n) is 0. The first-order valence-corrected chi connectivity index (χ1v) is 0. The average molecular weight is 242 g/mol. The van der Waals surface area contributed by atoms with E-state index in [0.29, 0.717) is 0 Å². The van der Waals surface area contributed by atoms with Gasteiger partial charge in [0.15, 0.2) is 17.4 Å². The first-order valence-electron chi connectivity index (χ1n) is 0. The molecule has 0 unspecified atom stereocenters. The Kier molecular flexibility index (Phi) is 201. The second-order valence-electron chi connectivity index (χ2n) is 0. The van der Waals surface area contributed by atoms with Crippen LogP contribution in [-0.4, -0.2) is 96.9 Å². The van der Waals surface area contributed by atoms with Gasteiger partial charge in [-0.3, -0.25) is 0 Å². The van der Waals surface area contributed by atoms with E-state index >= 15 is 0 Å². The second-order valence-corrected chi connectivity index (χ2v) is 0. The molecule has 0 aliphatic heterocycles. The molecule has 0 bridgehead atoms. The molecule has 5 heavy (non-hydrogen) atoms. The summed E-state index contributed by atoms with van der Waals surface area (Å²) in [6.07, 6.45) is 0. The van der Waals surface area contributed by atoms with Crippen LogP contribution in [0.3, 0.4) is 0 Å².